The van der Waals surface area contributed by atoms with Gasteiger partial charge in [-0.05, 0) is 36.0 Å². The van der Waals surface area contributed by atoms with E-state index in [4.69, 9.17) is 15.2 Å². The third kappa shape index (κ3) is 2.44. The van der Waals surface area contributed by atoms with Gasteiger partial charge in [-0.3, -0.25) is 0 Å². The second-order valence-electron chi connectivity index (χ2n) is 6.10. The van der Waals surface area contributed by atoms with Crippen LogP contribution in [0.1, 0.15) is 50.6 Å². The molecule has 1 saturated carbocycles. The van der Waals surface area contributed by atoms with Crippen molar-refractivity contribution in [3.63, 3.8) is 0 Å². The molecule has 19 heavy (non-hydrogen) atoms. The minimum absolute atomic E-state index is 0.0867. The van der Waals surface area contributed by atoms with Gasteiger partial charge in [0.15, 0.2) is 11.5 Å². The van der Waals surface area contributed by atoms with Gasteiger partial charge in [0, 0.05) is 6.04 Å². The van der Waals surface area contributed by atoms with Crippen LogP contribution in [-0.4, -0.2) is 13.2 Å². The van der Waals surface area contributed by atoms with Gasteiger partial charge < -0.3 is 15.2 Å². The van der Waals surface area contributed by atoms with Crippen molar-refractivity contribution in [1.82, 2.24) is 0 Å². The standard InChI is InChI=1S/C16H23NO2/c1-16(7-3-2-4-8-16)15(17)12-5-6-13-14(11-12)19-10-9-18-13/h5-6,11,15H,2-4,7-10,17H2,1H3. The molecule has 1 aliphatic heterocycles. The van der Waals surface area contributed by atoms with Crippen LogP contribution in [0.4, 0.5) is 0 Å². The highest BCUT2D eigenvalue weighted by atomic mass is 16.6. The Bertz CT molecular complexity index is 452. The summed E-state index contributed by atoms with van der Waals surface area (Å²) in [5.41, 5.74) is 7.94. The van der Waals surface area contributed by atoms with E-state index in [1.807, 2.05) is 6.07 Å². The van der Waals surface area contributed by atoms with Crippen molar-refractivity contribution in [2.45, 2.75) is 45.1 Å². The van der Waals surface area contributed by atoms with Crippen molar-refractivity contribution in [2.75, 3.05) is 13.2 Å². The maximum absolute atomic E-state index is 6.54. The van der Waals surface area contributed by atoms with Crippen LogP contribution in [0.3, 0.4) is 0 Å². The zero-order valence-electron chi connectivity index (χ0n) is 11.7. The molecule has 0 bridgehead atoms. The topological polar surface area (TPSA) is 44.5 Å². The second kappa shape index (κ2) is 5.04. The molecule has 1 aromatic rings. The van der Waals surface area contributed by atoms with Gasteiger partial charge in [-0.25, -0.2) is 0 Å². The Morgan fingerprint density at radius 3 is 2.47 bits per heavy atom. The third-order valence-electron chi connectivity index (χ3n) is 4.67. The summed E-state index contributed by atoms with van der Waals surface area (Å²) in [7, 11) is 0. The highest BCUT2D eigenvalue weighted by molar-refractivity contribution is 5.45. The molecule has 0 spiro atoms. The Kier molecular flexibility index (Phi) is 3.40. The molecule has 3 nitrogen and oxygen atoms in total. The molecular formula is C16H23NO2. The molecule has 1 unspecified atom stereocenters. The van der Waals surface area contributed by atoms with Crippen LogP contribution in [-0.2, 0) is 0 Å². The van der Waals surface area contributed by atoms with E-state index in [1.54, 1.807) is 0 Å². The summed E-state index contributed by atoms with van der Waals surface area (Å²) < 4.78 is 11.2. The molecule has 1 aromatic carbocycles. The van der Waals surface area contributed by atoms with Gasteiger partial charge in [0.05, 0.1) is 0 Å². The fourth-order valence-electron chi connectivity index (χ4n) is 3.33. The number of ether oxygens (including phenoxy) is 2. The maximum atomic E-state index is 6.54. The van der Waals surface area contributed by atoms with Gasteiger partial charge in [-0.1, -0.05) is 32.3 Å². The first-order chi connectivity index (χ1) is 9.19. The van der Waals surface area contributed by atoms with Crippen LogP contribution in [0.5, 0.6) is 11.5 Å². The zero-order chi connectivity index (χ0) is 13.3. The van der Waals surface area contributed by atoms with E-state index in [0.29, 0.717) is 13.2 Å². The second-order valence-corrected chi connectivity index (χ2v) is 6.10. The van der Waals surface area contributed by atoms with Crippen molar-refractivity contribution in [3.8, 4) is 11.5 Å². The fraction of sp³-hybridized carbons (Fsp3) is 0.625. The lowest BCUT2D eigenvalue weighted by Gasteiger charge is -2.39. The normalized spacial score (nSPS) is 22.8. The summed E-state index contributed by atoms with van der Waals surface area (Å²) in [6.07, 6.45) is 6.40. The lowest BCUT2D eigenvalue weighted by Crippen LogP contribution is -2.34. The molecule has 1 fully saturated rings. The molecule has 0 amide bonds. The number of hydrogen-bond acceptors (Lipinski definition) is 3. The van der Waals surface area contributed by atoms with E-state index in [1.165, 1.54) is 37.7 Å². The Balaban J connectivity index is 1.84. The Hall–Kier alpha value is -1.22. The van der Waals surface area contributed by atoms with Gasteiger partial charge in [0.25, 0.3) is 0 Å². The third-order valence-corrected chi connectivity index (χ3v) is 4.67. The SMILES string of the molecule is CC1(C(N)c2ccc3c(c2)OCCO3)CCCCC1. The summed E-state index contributed by atoms with van der Waals surface area (Å²) in [5, 5.41) is 0. The van der Waals surface area contributed by atoms with Gasteiger partial charge in [-0.2, -0.15) is 0 Å². The molecule has 1 aliphatic carbocycles. The van der Waals surface area contributed by atoms with Gasteiger partial charge in [0.1, 0.15) is 13.2 Å². The van der Waals surface area contributed by atoms with Crippen molar-refractivity contribution < 1.29 is 9.47 Å². The summed E-state index contributed by atoms with van der Waals surface area (Å²) in [6, 6.07) is 6.25. The molecule has 0 radical (unpaired) electrons. The summed E-state index contributed by atoms with van der Waals surface area (Å²) in [4.78, 5) is 0. The van der Waals surface area contributed by atoms with Gasteiger partial charge in [-0.15, -0.1) is 0 Å². The largest absolute Gasteiger partial charge is 0.486 e. The van der Waals surface area contributed by atoms with Crippen molar-refractivity contribution >= 4 is 0 Å². The first-order valence-electron chi connectivity index (χ1n) is 7.34. The molecular weight excluding hydrogens is 238 g/mol. The Labute approximate surface area is 115 Å². The predicted molar refractivity (Wildman–Crippen MR) is 75.6 cm³/mol. The quantitative estimate of drug-likeness (QED) is 0.887. The maximum Gasteiger partial charge on any atom is 0.161 e. The molecule has 0 aromatic heterocycles. The highest BCUT2D eigenvalue weighted by Crippen LogP contribution is 2.45. The van der Waals surface area contributed by atoms with E-state index in [-0.39, 0.29) is 11.5 Å². The van der Waals surface area contributed by atoms with Crippen LogP contribution < -0.4 is 15.2 Å². The lowest BCUT2D eigenvalue weighted by molar-refractivity contribution is 0.163. The molecule has 3 heteroatoms. The average Bonchev–Trinajstić information content (AvgIpc) is 2.47. The smallest absolute Gasteiger partial charge is 0.161 e. The number of hydrogen-bond donors (Lipinski definition) is 1. The summed E-state index contributed by atoms with van der Waals surface area (Å²) >= 11 is 0. The molecule has 2 aliphatic rings. The Morgan fingerprint density at radius 2 is 1.74 bits per heavy atom. The van der Waals surface area contributed by atoms with Crippen LogP contribution in [0.25, 0.3) is 0 Å². The van der Waals surface area contributed by atoms with Gasteiger partial charge in [0.2, 0.25) is 0 Å². The average molecular weight is 261 g/mol. The molecule has 1 atom stereocenters. The monoisotopic (exact) mass is 261 g/mol. The Morgan fingerprint density at radius 1 is 1.05 bits per heavy atom. The molecule has 2 N–H and O–H groups in total. The van der Waals surface area contributed by atoms with Crippen molar-refractivity contribution in [1.29, 1.82) is 0 Å². The van der Waals surface area contributed by atoms with E-state index < -0.39 is 0 Å². The van der Waals surface area contributed by atoms with E-state index in [9.17, 15) is 0 Å². The fourth-order valence-corrected chi connectivity index (χ4v) is 3.33. The molecule has 104 valence electrons. The van der Waals surface area contributed by atoms with E-state index in [0.717, 1.165) is 11.5 Å². The predicted octanol–water partition coefficient (Wildman–Crippen LogP) is 3.43. The summed E-state index contributed by atoms with van der Waals surface area (Å²) in [6.45, 7) is 3.59. The molecule has 1 heterocycles. The van der Waals surface area contributed by atoms with E-state index in [2.05, 4.69) is 19.1 Å². The van der Waals surface area contributed by atoms with Gasteiger partial charge >= 0.3 is 0 Å². The van der Waals surface area contributed by atoms with Crippen molar-refractivity contribution in [2.24, 2.45) is 11.1 Å². The zero-order valence-corrected chi connectivity index (χ0v) is 11.7. The van der Waals surface area contributed by atoms with Crippen LogP contribution in [0.15, 0.2) is 18.2 Å². The lowest BCUT2D eigenvalue weighted by atomic mass is 9.69. The van der Waals surface area contributed by atoms with Crippen LogP contribution >= 0.6 is 0 Å². The van der Waals surface area contributed by atoms with Crippen LogP contribution in [0, 0.1) is 5.41 Å². The minimum atomic E-state index is 0.0867. The highest BCUT2D eigenvalue weighted by Gasteiger charge is 2.34. The van der Waals surface area contributed by atoms with E-state index >= 15 is 0 Å². The first kappa shape index (κ1) is 12.8. The number of benzene rings is 1. The first-order valence-corrected chi connectivity index (χ1v) is 7.34. The summed E-state index contributed by atoms with van der Waals surface area (Å²) in [5.74, 6) is 1.69. The number of nitrogens with two attached hydrogens (primary N) is 1. The molecule has 0 saturated heterocycles. The number of fused-ring (bicyclic) bond motifs is 1. The van der Waals surface area contributed by atoms with Crippen molar-refractivity contribution in [3.05, 3.63) is 23.8 Å². The van der Waals surface area contributed by atoms with Crippen LogP contribution in [0.2, 0.25) is 0 Å². The molecule has 3 rings (SSSR count). The number of rotatable bonds is 2. The minimum Gasteiger partial charge on any atom is -0.486 e.